The number of hydrogen-bond donors (Lipinski definition) is 2. The van der Waals surface area contributed by atoms with E-state index in [-0.39, 0.29) is 12.4 Å². The van der Waals surface area contributed by atoms with Crippen molar-refractivity contribution in [3.05, 3.63) is 51.2 Å². The molecule has 2 rings (SSSR count). The van der Waals surface area contributed by atoms with E-state index in [4.69, 9.17) is 4.74 Å². The van der Waals surface area contributed by atoms with E-state index in [1.807, 2.05) is 32.0 Å². The Hall–Kier alpha value is -2.67. The van der Waals surface area contributed by atoms with Gasteiger partial charge in [0.25, 0.3) is 11.8 Å². The minimum Gasteiger partial charge on any atom is -0.484 e. The first-order valence-corrected chi connectivity index (χ1v) is 8.08. The van der Waals surface area contributed by atoms with Crippen LogP contribution in [0.4, 0.5) is 0 Å². The lowest BCUT2D eigenvalue weighted by Crippen LogP contribution is -2.43. The molecule has 0 radical (unpaired) electrons. The molecule has 0 aliphatic heterocycles. The van der Waals surface area contributed by atoms with Crippen LogP contribution in [-0.4, -0.2) is 24.2 Å². The predicted molar refractivity (Wildman–Crippen MR) is 91.3 cm³/mol. The summed E-state index contributed by atoms with van der Waals surface area (Å²) in [6, 6.07) is 8.77. The highest BCUT2D eigenvalue weighted by Gasteiger charge is 2.12. The first kappa shape index (κ1) is 17.7. The number of ether oxygens (including phenoxy) is 1. The molecule has 0 saturated carbocycles. The first-order valence-electron chi connectivity index (χ1n) is 7.26. The van der Waals surface area contributed by atoms with Crippen LogP contribution in [0, 0.1) is 13.8 Å². The van der Waals surface area contributed by atoms with Crippen molar-refractivity contribution in [3.8, 4) is 5.75 Å². The Bertz CT molecular complexity index is 762. The van der Waals surface area contributed by atoms with Gasteiger partial charge in [-0.25, -0.2) is 0 Å². The second kappa shape index (κ2) is 7.74. The number of rotatable bonds is 5. The van der Waals surface area contributed by atoms with Crippen molar-refractivity contribution in [1.29, 1.82) is 0 Å². The van der Waals surface area contributed by atoms with Gasteiger partial charge in [-0.2, -0.15) is 0 Å². The SMILES string of the molecule is CC(=O)c1ccc(C(=O)NNC(=O)COc2cc(C)cc(C)c2)s1. The second-order valence-electron chi connectivity index (χ2n) is 5.33. The molecular weight excluding hydrogens is 328 g/mol. The highest BCUT2D eigenvalue weighted by Crippen LogP contribution is 2.17. The van der Waals surface area contributed by atoms with Gasteiger partial charge in [0, 0.05) is 0 Å². The molecule has 1 aromatic heterocycles. The van der Waals surface area contributed by atoms with Gasteiger partial charge in [-0.15, -0.1) is 11.3 Å². The lowest BCUT2D eigenvalue weighted by atomic mass is 10.1. The van der Waals surface area contributed by atoms with E-state index in [1.165, 1.54) is 13.0 Å². The second-order valence-corrected chi connectivity index (χ2v) is 6.42. The number of hydrogen-bond acceptors (Lipinski definition) is 5. The van der Waals surface area contributed by atoms with Gasteiger partial charge < -0.3 is 4.74 Å². The van der Waals surface area contributed by atoms with E-state index in [0.717, 1.165) is 22.5 Å². The highest BCUT2D eigenvalue weighted by molar-refractivity contribution is 7.15. The van der Waals surface area contributed by atoms with Gasteiger partial charge in [0.2, 0.25) is 0 Å². The van der Waals surface area contributed by atoms with Gasteiger partial charge in [-0.05, 0) is 56.2 Å². The van der Waals surface area contributed by atoms with Crippen molar-refractivity contribution in [1.82, 2.24) is 10.9 Å². The summed E-state index contributed by atoms with van der Waals surface area (Å²) in [5.74, 6) is -0.471. The van der Waals surface area contributed by atoms with E-state index >= 15 is 0 Å². The molecule has 0 spiro atoms. The molecule has 0 saturated heterocycles. The van der Waals surface area contributed by atoms with Gasteiger partial charge in [0.1, 0.15) is 5.75 Å². The Labute approximate surface area is 143 Å². The number of ketones is 1. The van der Waals surface area contributed by atoms with E-state index in [9.17, 15) is 14.4 Å². The summed E-state index contributed by atoms with van der Waals surface area (Å²) < 4.78 is 5.40. The van der Waals surface area contributed by atoms with Crippen LogP contribution in [-0.2, 0) is 4.79 Å². The lowest BCUT2D eigenvalue weighted by molar-refractivity contribution is -0.123. The van der Waals surface area contributed by atoms with Crippen molar-refractivity contribution >= 4 is 28.9 Å². The molecule has 6 nitrogen and oxygen atoms in total. The molecule has 0 aliphatic rings. The first-order chi connectivity index (χ1) is 11.3. The van der Waals surface area contributed by atoms with Crippen LogP contribution in [0.2, 0.25) is 0 Å². The van der Waals surface area contributed by atoms with E-state index in [0.29, 0.717) is 15.5 Å². The van der Waals surface area contributed by atoms with Crippen LogP contribution in [0.15, 0.2) is 30.3 Å². The van der Waals surface area contributed by atoms with Gasteiger partial charge in [0.05, 0.1) is 9.75 Å². The Balaban J connectivity index is 1.81. The number of hydrazine groups is 1. The van der Waals surface area contributed by atoms with E-state index in [1.54, 1.807) is 6.07 Å². The molecule has 0 unspecified atom stereocenters. The number of carbonyl (C=O) groups excluding carboxylic acids is 3. The van der Waals surface area contributed by atoms with Crippen LogP contribution in [0.25, 0.3) is 0 Å². The number of thiophene rings is 1. The Morgan fingerprint density at radius 1 is 1.00 bits per heavy atom. The molecule has 126 valence electrons. The molecule has 0 fully saturated rings. The van der Waals surface area contributed by atoms with Crippen molar-refractivity contribution in [2.75, 3.05) is 6.61 Å². The number of amides is 2. The van der Waals surface area contributed by atoms with Crippen LogP contribution in [0.1, 0.15) is 37.4 Å². The zero-order chi connectivity index (χ0) is 17.7. The molecule has 1 aromatic carbocycles. The maximum absolute atomic E-state index is 11.9. The van der Waals surface area contributed by atoms with Crippen molar-refractivity contribution in [2.45, 2.75) is 20.8 Å². The predicted octanol–water partition coefficient (Wildman–Crippen LogP) is 2.41. The fraction of sp³-hybridized carbons (Fsp3) is 0.235. The third-order valence-corrected chi connectivity index (χ3v) is 4.24. The molecule has 2 N–H and O–H groups in total. The van der Waals surface area contributed by atoms with Crippen LogP contribution < -0.4 is 15.6 Å². The summed E-state index contributed by atoms with van der Waals surface area (Å²) in [4.78, 5) is 35.7. The number of aryl methyl sites for hydroxylation is 2. The zero-order valence-electron chi connectivity index (χ0n) is 13.6. The van der Waals surface area contributed by atoms with Crippen LogP contribution >= 0.6 is 11.3 Å². The summed E-state index contributed by atoms with van der Waals surface area (Å²) in [6.45, 7) is 5.10. The maximum atomic E-state index is 11.9. The number of benzene rings is 1. The summed E-state index contributed by atoms with van der Waals surface area (Å²) in [5, 5.41) is 0. The monoisotopic (exact) mass is 346 g/mol. The van der Waals surface area contributed by atoms with Crippen molar-refractivity contribution in [2.24, 2.45) is 0 Å². The molecular formula is C17H18N2O4S. The quantitative estimate of drug-likeness (QED) is 0.643. The lowest BCUT2D eigenvalue weighted by Gasteiger charge is -2.09. The standard InChI is InChI=1S/C17H18N2O4S/c1-10-6-11(2)8-13(7-10)23-9-16(21)18-19-17(22)15-5-4-14(24-15)12(3)20/h4-8H,9H2,1-3H3,(H,18,21)(H,19,22). The molecule has 2 amide bonds. The number of Topliss-reactive ketones (excluding diaryl/α,β-unsaturated/α-hetero) is 1. The van der Waals surface area contributed by atoms with Crippen molar-refractivity contribution < 1.29 is 19.1 Å². The van der Waals surface area contributed by atoms with Gasteiger partial charge in [-0.3, -0.25) is 25.2 Å². The minimum atomic E-state index is -0.481. The van der Waals surface area contributed by atoms with Crippen molar-refractivity contribution in [3.63, 3.8) is 0 Å². The summed E-state index contributed by atoms with van der Waals surface area (Å²) >= 11 is 1.07. The van der Waals surface area contributed by atoms with E-state index < -0.39 is 11.8 Å². The van der Waals surface area contributed by atoms with Gasteiger partial charge in [-0.1, -0.05) is 6.07 Å². The third-order valence-electron chi connectivity index (χ3n) is 3.06. The summed E-state index contributed by atoms with van der Waals surface area (Å²) in [6.07, 6.45) is 0. The Kier molecular flexibility index (Phi) is 5.70. The van der Waals surface area contributed by atoms with Gasteiger partial charge in [0.15, 0.2) is 12.4 Å². The molecule has 24 heavy (non-hydrogen) atoms. The fourth-order valence-electron chi connectivity index (χ4n) is 2.04. The minimum absolute atomic E-state index is 0.107. The molecule has 7 heteroatoms. The number of nitrogens with one attached hydrogen (secondary N) is 2. The van der Waals surface area contributed by atoms with E-state index in [2.05, 4.69) is 10.9 Å². The normalized spacial score (nSPS) is 10.1. The molecule has 2 aromatic rings. The number of carbonyl (C=O) groups is 3. The van der Waals surface area contributed by atoms with Crippen LogP contribution in [0.5, 0.6) is 5.75 Å². The van der Waals surface area contributed by atoms with Gasteiger partial charge >= 0.3 is 0 Å². The topological polar surface area (TPSA) is 84.5 Å². The largest absolute Gasteiger partial charge is 0.484 e. The van der Waals surface area contributed by atoms with Crippen LogP contribution in [0.3, 0.4) is 0 Å². The summed E-state index contributed by atoms with van der Waals surface area (Å²) in [5.41, 5.74) is 6.65. The Morgan fingerprint density at radius 3 is 2.21 bits per heavy atom. The third kappa shape index (κ3) is 4.92. The molecule has 1 heterocycles. The highest BCUT2D eigenvalue weighted by atomic mass is 32.1. The average molecular weight is 346 g/mol. The average Bonchev–Trinajstić information content (AvgIpc) is 3.00. The molecule has 0 aliphatic carbocycles. The summed E-state index contributed by atoms with van der Waals surface area (Å²) in [7, 11) is 0. The molecule has 0 bridgehead atoms. The molecule has 0 atom stereocenters. The fourth-order valence-corrected chi connectivity index (χ4v) is 2.83. The zero-order valence-corrected chi connectivity index (χ0v) is 14.5. The maximum Gasteiger partial charge on any atom is 0.279 e. The smallest absolute Gasteiger partial charge is 0.279 e. The Morgan fingerprint density at radius 2 is 1.62 bits per heavy atom.